The summed E-state index contributed by atoms with van der Waals surface area (Å²) in [4.78, 5) is 14.8. The van der Waals surface area contributed by atoms with Crippen molar-refractivity contribution in [1.29, 1.82) is 0 Å². The molecule has 0 aliphatic carbocycles. The van der Waals surface area contributed by atoms with Crippen LogP contribution in [-0.2, 0) is 6.54 Å². The first-order valence-corrected chi connectivity index (χ1v) is 7.78. The monoisotopic (exact) mass is 446 g/mol. The van der Waals surface area contributed by atoms with Gasteiger partial charge in [-0.3, -0.25) is 10.1 Å². The molecule has 0 aromatic heterocycles. The van der Waals surface area contributed by atoms with Gasteiger partial charge in [0.15, 0.2) is 5.96 Å². The lowest BCUT2D eigenvalue weighted by atomic mass is 10.1. The van der Waals surface area contributed by atoms with E-state index in [-0.39, 0.29) is 29.7 Å². The molecule has 2 N–H and O–H groups in total. The highest BCUT2D eigenvalue weighted by Crippen LogP contribution is 2.12. The van der Waals surface area contributed by atoms with Crippen LogP contribution in [0.5, 0.6) is 0 Å². The van der Waals surface area contributed by atoms with Gasteiger partial charge in [-0.15, -0.1) is 24.0 Å². The number of benzene rings is 1. The Hall–Kier alpha value is -1.64. The molecule has 7 heteroatoms. The third-order valence-electron chi connectivity index (χ3n) is 3.14. The van der Waals surface area contributed by atoms with Gasteiger partial charge in [-0.05, 0) is 24.8 Å². The molecular formula is C17H27IN4O2. The summed E-state index contributed by atoms with van der Waals surface area (Å²) in [6.45, 7) is 12.2. The van der Waals surface area contributed by atoms with Gasteiger partial charge in [0.1, 0.15) is 0 Å². The van der Waals surface area contributed by atoms with E-state index in [1.54, 1.807) is 12.1 Å². The van der Waals surface area contributed by atoms with Crippen LogP contribution in [0.2, 0.25) is 0 Å². The number of aliphatic imine (C=N–C) groups is 1. The maximum atomic E-state index is 10.7. The maximum Gasteiger partial charge on any atom is 0.269 e. The van der Waals surface area contributed by atoms with E-state index in [9.17, 15) is 10.1 Å². The molecule has 0 saturated carbocycles. The van der Waals surface area contributed by atoms with Gasteiger partial charge >= 0.3 is 0 Å². The highest BCUT2D eigenvalue weighted by atomic mass is 127. The first kappa shape index (κ1) is 22.4. The van der Waals surface area contributed by atoms with E-state index < -0.39 is 4.92 Å². The number of hydrogen-bond acceptors (Lipinski definition) is 3. The average molecular weight is 446 g/mol. The van der Waals surface area contributed by atoms with E-state index in [4.69, 9.17) is 0 Å². The predicted octanol–water partition coefficient (Wildman–Crippen LogP) is 3.87. The molecule has 0 unspecified atom stereocenters. The Balaban J connectivity index is 0.00000529. The third-order valence-corrected chi connectivity index (χ3v) is 3.14. The Morgan fingerprint density at radius 3 is 2.42 bits per heavy atom. The van der Waals surface area contributed by atoms with Crippen molar-refractivity contribution < 1.29 is 4.92 Å². The number of non-ortho nitro benzene ring substituents is 1. The molecule has 1 rings (SSSR count). The van der Waals surface area contributed by atoms with Crippen molar-refractivity contribution in [3.8, 4) is 0 Å². The van der Waals surface area contributed by atoms with Gasteiger partial charge in [-0.1, -0.05) is 38.1 Å². The van der Waals surface area contributed by atoms with Crippen molar-refractivity contribution in [3.05, 3.63) is 52.1 Å². The van der Waals surface area contributed by atoms with Crippen LogP contribution in [0, 0.1) is 16.0 Å². The number of nitro groups is 1. The van der Waals surface area contributed by atoms with Crippen LogP contribution in [0.1, 0.15) is 32.8 Å². The number of rotatable bonds is 8. The lowest BCUT2D eigenvalue weighted by Gasteiger charge is -2.13. The van der Waals surface area contributed by atoms with Crippen LogP contribution in [0.25, 0.3) is 0 Å². The molecule has 0 spiro atoms. The number of hydrogen-bond donors (Lipinski definition) is 2. The summed E-state index contributed by atoms with van der Waals surface area (Å²) in [6, 6.07) is 6.45. The van der Waals surface area contributed by atoms with Crippen molar-refractivity contribution >= 4 is 35.6 Å². The number of nitrogens with one attached hydrogen (secondary N) is 2. The first-order chi connectivity index (χ1) is 10.9. The molecule has 0 aliphatic heterocycles. The van der Waals surface area contributed by atoms with Crippen LogP contribution in [-0.4, -0.2) is 24.0 Å². The summed E-state index contributed by atoms with van der Waals surface area (Å²) in [5.74, 6) is 1.35. The standard InChI is InChI=1S/C17H26N4O2.HI/c1-13(2)9-10-18-17(19-11-14(3)4)20-12-15-5-7-16(8-6-15)21(22)23;/h5-8,13H,3,9-12H2,1-2,4H3,(H2,18,19,20);1H. The lowest BCUT2D eigenvalue weighted by molar-refractivity contribution is -0.384. The Kier molecular flexibility index (Phi) is 11.0. The molecule has 0 aliphatic rings. The van der Waals surface area contributed by atoms with Gasteiger partial charge in [-0.25, -0.2) is 4.99 Å². The molecular weight excluding hydrogens is 419 g/mol. The second kappa shape index (κ2) is 11.8. The maximum absolute atomic E-state index is 10.7. The Morgan fingerprint density at radius 2 is 1.92 bits per heavy atom. The molecule has 6 nitrogen and oxygen atoms in total. The SMILES string of the molecule is C=C(C)CNC(=NCc1ccc([N+](=O)[O-])cc1)NCCC(C)C.I. The molecule has 0 radical (unpaired) electrons. The summed E-state index contributed by atoms with van der Waals surface area (Å²) in [5, 5.41) is 17.2. The Morgan fingerprint density at radius 1 is 1.29 bits per heavy atom. The van der Waals surface area contributed by atoms with Gasteiger partial charge in [-0.2, -0.15) is 0 Å². The highest BCUT2D eigenvalue weighted by molar-refractivity contribution is 14.0. The Labute approximate surface area is 161 Å². The minimum Gasteiger partial charge on any atom is -0.356 e. The summed E-state index contributed by atoms with van der Waals surface area (Å²) in [7, 11) is 0. The average Bonchev–Trinajstić information content (AvgIpc) is 2.49. The number of nitrogens with zero attached hydrogens (tertiary/aromatic N) is 2. The van der Waals surface area contributed by atoms with Gasteiger partial charge in [0.05, 0.1) is 11.5 Å². The molecule has 0 atom stereocenters. The van der Waals surface area contributed by atoms with Gasteiger partial charge in [0.25, 0.3) is 5.69 Å². The van der Waals surface area contributed by atoms with Gasteiger partial charge in [0, 0.05) is 25.2 Å². The van der Waals surface area contributed by atoms with Crippen molar-refractivity contribution in [2.75, 3.05) is 13.1 Å². The fraction of sp³-hybridized carbons (Fsp3) is 0.471. The van der Waals surface area contributed by atoms with E-state index in [2.05, 4.69) is 36.1 Å². The van der Waals surface area contributed by atoms with Crippen LogP contribution in [0.4, 0.5) is 5.69 Å². The third kappa shape index (κ3) is 9.49. The smallest absolute Gasteiger partial charge is 0.269 e. The minimum atomic E-state index is -0.402. The summed E-state index contributed by atoms with van der Waals surface area (Å²) < 4.78 is 0. The van der Waals surface area contributed by atoms with E-state index in [0.29, 0.717) is 19.0 Å². The highest BCUT2D eigenvalue weighted by Gasteiger charge is 2.04. The fourth-order valence-corrected chi connectivity index (χ4v) is 1.78. The zero-order valence-electron chi connectivity index (χ0n) is 14.5. The molecule has 134 valence electrons. The largest absolute Gasteiger partial charge is 0.356 e. The van der Waals surface area contributed by atoms with Crippen LogP contribution in [0.15, 0.2) is 41.4 Å². The van der Waals surface area contributed by atoms with E-state index in [0.717, 1.165) is 30.1 Å². The molecule has 0 amide bonds. The predicted molar refractivity (Wildman–Crippen MR) is 110 cm³/mol. The molecule has 1 aromatic carbocycles. The molecule has 1 aromatic rings. The Bertz CT molecular complexity index is 556. The number of guanidine groups is 1. The topological polar surface area (TPSA) is 79.6 Å². The second-order valence-electron chi connectivity index (χ2n) is 6.01. The molecule has 0 saturated heterocycles. The van der Waals surface area contributed by atoms with Crippen molar-refractivity contribution in [3.63, 3.8) is 0 Å². The minimum absolute atomic E-state index is 0. The molecule has 0 bridgehead atoms. The van der Waals surface area contributed by atoms with Gasteiger partial charge < -0.3 is 10.6 Å². The summed E-state index contributed by atoms with van der Waals surface area (Å²) in [6.07, 6.45) is 1.06. The lowest BCUT2D eigenvalue weighted by Crippen LogP contribution is -2.39. The zero-order valence-corrected chi connectivity index (χ0v) is 16.9. The van der Waals surface area contributed by atoms with Crippen LogP contribution >= 0.6 is 24.0 Å². The van der Waals surface area contributed by atoms with E-state index in [1.807, 2.05) is 6.92 Å². The van der Waals surface area contributed by atoms with E-state index in [1.165, 1.54) is 12.1 Å². The van der Waals surface area contributed by atoms with E-state index >= 15 is 0 Å². The zero-order chi connectivity index (χ0) is 17.2. The molecule has 0 heterocycles. The number of nitro benzene ring substituents is 1. The summed E-state index contributed by atoms with van der Waals surface area (Å²) in [5.41, 5.74) is 2.04. The normalized spacial score (nSPS) is 10.9. The van der Waals surface area contributed by atoms with Crippen LogP contribution in [0.3, 0.4) is 0 Å². The summed E-state index contributed by atoms with van der Waals surface area (Å²) >= 11 is 0. The van der Waals surface area contributed by atoms with Crippen molar-refractivity contribution in [2.24, 2.45) is 10.9 Å². The second-order valence-corrected chi connectivity index (χ2v) is 6.01. The van der Waals surface area contributed by atoms with Gasteiger partial charge in [0.2, 0.25) is 0 Å². The quantitative estimate of drug-likeness (QED) is 0.159. The fourth-order valence-electron chi connectivity index (χ4n) is 1.78. The van der Waals surface area contributed by atoms with Crippen molar-refractivity contribution in [2.45, 2.75) is 33.7 Å². The molecule has 24 heavy (non-hydrogen) atoms. The van der Waals surface area contributed by atoms with Crippen molar-refractivity contribution in [1.82, 2.24) is 10.6 Å². The van der Waals surface area contributed by atoms with Crippen LogP contribution < -0.4 is 10.6 Å². The number of halogens is 1. The first-order valence-electron chi connectivity index (χ1n) is 7.78. The molecule has 0 fully saturated rings.